The van der Waals surface area contributed by atoms with Crippen molar-refractivity contribution in [1.29, 1.82) is 5.41 Å². The van der Waals surface area contributed by atoms with Crippen LogP contribution < -0.4 is 10.4 Å². The predicted octanol–water partition coefficient (Wildman–Crippen LogP) is -1.07. The standard InChI is InChI=1S/C4H10N2O/c1-2-6-3-4(5)7/h6H,2-3H2,1H3,(H2,5,7)/p-1. The molecule has 3 nitrogen and oxygen atoms in total. The molecule has 42 valence electrons. The van der Waals surface area contributed by atoms with Gasteiger partial charge in [0.2, 0.25) is 0 Å². The van der Waals surface area contributed by atoms with Gasteiger partial charge in [0.1, 0.15) is 0 Å². The number of rotatable bonds is 3. The summed E-state index contributed by atoms with van der Waals surface area (Å²) in [5, 5.41) is 18.9. The molecular formula is C4H9N2O-. The predicted molar refractivity (Wildman–Crippen MR) is 26.3 cm³/mol. The molecular weight excluding hydrogens is 92.1 g/mol. The quantitative estimate of drug-likeness (QED) is 0.351. The van der Waals surface area contributed by atoms with Crippen LogP contribution in [0, 0.1) is 5.41 Å². The van der Waals surface area contributed by atoms with Gasteiger partial charge in [-0.2, -0.15) is 0 Å². The van der Waals surface area contributed by atoms with Crippen molar-refractivity contribution in [3.63, 3.8) is 0 Å². The molecule has 0 fully saturated rings. The summed E-state index contributed by atoms with van der Waals surface area (Å²) in [4.78, 5) is 0. The second kappa shape index (κ2) is 3.61. The molecule has 7 heavy (non-hydrogen) atoms. The molecule has 0 aliphatic heterocycles. The summed E-state index contributed by atoms with van der Waals surface area (Å²) in [6.45, 7) is 2.82. The van der Waals surface area contributed by atoms with Crippen LogP contribution in [0.4, 0.5) is 0 Å². The van der Waals surface area contributed by atoms with Crippen LogP contribution in [0.2, 0.25) is 0 Å². The van der Waals surface area contributed by atoms with E-state index < -0.39 is 5.90 Å². The minimum Gasteiger partial charge on any atom is -0.861 e. The molecule has 0 spiro atoms. The molecule has 2 N–H and O–H groups in total. The third kappa shape index (κ3) is 5.43. The fraction of sp³-hybridized carbons (Fsp3) is 0.750. The Morgan fingerprint density at radius 3 is 2.57 bits per heavy atom. The highest BCUT2D eigenvalue weighted by molar-refractivity contribution is 5.69. The summed E-state index contributed by atoms with van der Waals surface area (Å²) in [5.41, 5.74) is 0. The zero-order valence-electron chi connectivity index (χ0n) is 4.32. The van der Waals surface area contributed by atoms with Crippen molar-refractivity contribution < 1.29 is 5.11 Å². The third-order valence-electron chi connectivity index (χ3n) is 0.536. The lowest BCUT2D eigenvalue weighted by molar-refractivity contribution is -0.219. The van der Waals surface area contributed by atoms with Crippen molar-refractivity contribution in [3.8, 4) is 0 Å². The fourth-order valence-corrected chi connectivity index (χ4v) is 0.239. The summed E-state index contributed by atoms with van der Waals surface area (Å²) in [5.74, 6) is -0.554. The Bertz CT molecular complexity index is 62.7. The molecule has 0 aliphatic carbocycles. The van der Waals surface area contributed by atoms with E-state index >= 15 is 0 Å². The topological polar surface area (TPSA) is 58.9 Å². The molecule has 0 radical (unpaired) electrons. The van der Waals surface area contributed by atoms with Crippen LogP contribution in [0.15, 0.2) is 0 Å². The molecule has 0 saturated carbocycles. The Morgan fingerprint density at radius 2 is 2.43 bits per heavy atom. The average Bonchev–Trinajstić information content (AvgIpc) is 1.61. The highest BCUT2D eigenvalue weighted by Crippen LogP contribution is 1.53. The maximum absolute atomic E-state index is 9.81. The van der Waals surface area contributed by atoms with E-state index in [0.29, 0.717) is 0 Å². The van der Waals surface area contributed by atoms with Gasteiger partial charge in [0.25, 0.3) is 0 Å². The van der Waals surface area contributed by atoms with E-state index in [0.717, 1.165) is 6.54 Å². The summed E-state index contributed by atoms with van der Waals surface area (Å²) in [7, 11) is 0. The van der Waals surface area contributed by atoms with Crippen LogP contribution in [0.1, 0.15) is 6.92 Å². The lowest BCUT2D eigenvalue weighted by Gasteiger charge is -2.04. The van der Waals surface area contributed by atoms with Crippen LogP contribution in [0.25, 0.3) is 0 Å². The lowest BCUT2D eigenvalue weighted by Crippen LogP contribution is -2.30. The van der Waals surface area contributed by atoms with Gasteiger partial charge in [-0.1, -0.05) is 6.92 Å². The SMILES string of the molecule is CCNCC(=N)[O-]. The summed E-state index contributed by atoms with van der Waals surface area (Å²) in [6.07, 6.45) is 0. The smallest absolute Gasteiger partial charge is 0.0230 e. The van der Waals surface area contributed by atoms with Crippen LogP contribution in [0.5, 0.6) is 0 Å². The summed E-state index contributed by atoms with van der Waals surface area (Å²) in [6, 6.07) is 0. The molecule has 0 amide bonds. The highest BCUT2D eigenvalue weighted by atomic mass is 16.3. The number of likely N-dealkylation sites (N-methyl/N-ethyl adjacent to an activating group) is 1. The molecule has 0 aromatic heterocycles. The second-order valence-electron chi connectivity index (χ2n) is 1.20. The van der Waals surface area contributed by atoms with E-state index in [1.807, 2.05) is 6.92 Å². The van der Waals surface area contributed by atoms with Crippen molar-refractivity contribution in [2.45, 2.75) is 6.92 Å². The minimum atomic E-state index is -0.554. The van der Waals surface area contributed by atoms with E-state index in [9.17, 15) is 5.11 Å². The first-order valence-electron chi connectivity index (χ1n) is 2.22. The van der Waals surface area contributed by atoms with Gasteiger partial charge in [0.15, 0.2) is 0 Å². The van der Waals surface area contributed by atoms with Gasteiger partial charge in [0.05, 0.1) is 0 Å². The molecule has 0 bridgehead atoms. The van der Waals surface area contributed by atoms with Gasteiger partial charge in [-0.05, 0) is 12.4 Å². The van der Waals surface area contributed by atoms with Crippen molar-refractivity contribution in [2.24, 2.45) is 0 Å². The third-order valence-corrected chi connectivity index (χ3v) is 0.536. The maximum atomic E-state index is 9.81. The number of hydrogen-bond donors (Lipinski definition) is 2. The van der Waals surface area contributed by atoms with Gasteiger partial charge < -0.3 is 15.8 Å². The van der Waals surface area contributed by atoms with E-state index in [-0.39, 0.29) is 6.54 Å². The lowest BCUT2D eigenvalue weighted by atomic mass is 10.6. The van der Waals surface area contributed by atoms with E-state index in [1.54, 1.807) is 0 Å². The second-order valence-corrected chi connectivity index (χ2v) is 1.20. The van der Waals surface area contributed by atoms with Crippen molar-refractivity contribution in [3.05, 3.63) is 0 Å². The number of nitrogens with one attached hydrogen (secondary N) is 2. The molecule has 0 atom stereocenters. The van der Waals surface area contributed by atoms with Gasteiger partial charge in [-0.25, -0.2) is 0 Å². The molecule has 3 heteroatoms. The van der Waals surface area contributed by atoms with Crippen LogP contribution in [-0.4, -0.2) is 19.0 Å². The maximum Gasteiger partial charge on any atom is 0.0230 e. The molecule has 0 aromatic rings. The summed E-state index contributed by atoms with van der Waals surface area (Å²) < 4.78 is 0. The molecule has 0 unspecified atom stereocenters. The van der Waals surface area contributed by atoms with Crippen molar-refractivity contribution in [2.75, 3.05) is 13.1 Å². The molecule has 0 rings (SSSR count). The van der Waals surface area contributed by atoms with E-state index in [4.69, 9.17) is 5.41 Å². The fourth-order valence-electron chi connectivity index (χ4n) is 0.239. The van der Waals surface area contributed by atoms with Crippen molar-refractivity contribution in [1.82, 2.24) is 5.32 Å². The van der Waals surface area contributed by atoms with Crippen LogP contribution in [0.3, 0.4) is 0 Å². The van der Waals surface area contributed by atoms with E-state index in [2.05, 4.69) is 5.32 Å². The molecule has 0 aromatic carbocycles. The number of hydrogen-bond acceptors (Lipinski definition) is 3. The minimum absolute atomic E-state index is 0.177. The molecule has 0 heterocycles. The first kappa shape index (κ1) is 6.43. The van der Waals surface area contributed by atoms with Crippen LogP contribution >= 0.6 is 0 Å². The van der Waals surface area contributed by atoms with E-state index in [1.165, 1.54) is 0 Å². The van der Waals surface area contributed by atoms with Crippen LogP contribution in [-0.2, 0) is 0 Å². The largest absolute Gasteiger partial charge is 0.861 e. The monoisotopic (exact) mass is 101 g/mol. The average molecular weight is 101 g/mol. The Morgan fingerprint density at radius 1 is 1.86 bits per heavy atom. The summed E-state index contributed by atoms with van der Waals surface area (Å²) >= 11 is 0. The Hall–Kier alpha value is -0.570. The molecule has 0 saturated heterocycles. The first-order chi connectivity index (χ1) is 3.27. The Labute approximate surface area is 42.9 Å². The normalized spacial score (nSPS) is 8.71. The van der Waals surface area contributed by atoms with Crippen molar-refractivity contribution >= 4 is 5.90 Å². The Balaban J connectivity index is 2.82. The molecule has 0 aliphatic rings. The van der Waals surface area contributed by atoms with Gasteiger partial charge >= 0.3 is 0 Å². The van der Waals surface area contributed by atoms with Gasteiger partial charge in [0, 0.05) is 6.54 Å². The Kier molecular flexibility index (Phi) is 3.32. The van der Waals surface area contributed by atoms with Gasteiger partial charge in [-0.15, -0.1) is 0 Å². The van der Waals surface area contributed by atoms with Gasteiger partial charge in [-0.3, -0.25) is 0 Å². The zero-order chi connectivity index (χ0) is 5.70. The highest BCUT2D eigenvalue weighted by Gasteiger charge is 1.74. The first-order valence-corrected chi connectivity index (χ1v) is 2.22. The zero-order valence-corrected chi connectivity index (χ0v) is 4.32.